The molecule has 134 valence electrons. The SMILES string of the molecule is CCN1C(=O)SC(=Cc2ccc(-c3cccc(C(=O)OC)c3C)o2)C1=O. The lowest BCUT2D eigenvalue weighted by molar-refractivity contribution is -0.122. The van der Waals surface area contributed by atoms with E-state index in [1.165, 1.54) is 12.0 Å². The van der Waals surface area contributed by atoms with E-state index in [0.717, 1.165) is 22.9 Å². The summed E-state index contributed by atoms with van der Waals surface area (Å²) < 4.78 is 10.6. The van der Waals surface area contributed by atoms with Gasteiger partial charge in [-0.2, -0.15) is 0 Å². The molecule has 3 rings (SSSR count). The van der Waals surface area contributed by atoms with Gasteiger partial charge in [-0.25, -0.2) is 4.79 Å². The van der Waals surface area contributed by atoms with Crippen molar-refractivity contribution >= 4 is 35.0 Å². The smallest absolute Gasteiger partial charge is 0.338 e. The van der Waals surface area contributed by atoms with Crippen LogP contribution >= 0.6 is 11.8 Å². The lowest BCUT2D eigenvalue weighted by atomic mass is 10.0. The van der Waals surface area contributed by atoms with Gasteiger partial charge in [0, 0.05) is 18.2 Å². The van der Waals surface area contributed by atoms with E-state index in [1.807, 2.05) is 13.0 Å². The van der Waals surface area contributed by atoms with Crippen molar-refractivity contribution in [2.75, 3.05) is 13.7 Å². The molecule has 0 radical (unpaired) electrons. The summed E-state index contributed by atoms with van der Waals surface area (Å²) >= 11 is 0.896. The van der Waals surface area contributed by atoms with E-state index >= 15 is 0 Å². The van der Waals surface area contributed by atoms with Crippen LogP contribution in [-0.2, 0) is 9.53 Å². The number of hydrogen-bond donors (Lipinski definition) is 0. The van der Waals surface area contributed by atoms with Crippen molar-refractivity contribution in [2.24, 2.45) is 0 Å². The first-order valence-electron chi connectivity index (χ1n) is 7.99. The number of carbonyl (C=O) groups is 3. The minimum Gasteiger partial charge on any atom is -0.465 e. The van der Waals surface area contributed by atoms with E-state index in [0.29, 0.717) is 28.5 Å². The molecule has 2 amide bonds. The molecular formula is C19H17NO5S. The molecule has 26 heavy (non-hydrogen) atoms. The summed E-state index contributed by atoms with van der Waals surface area (Å²) in [6.07, 6.45) is 1.56. The van der Waals surface area contributed by atoms with E-state index in [1.54, 1.807) is 37.3 Å². The van der Waals surface area contributed by atoms with Gasteiger partial charge in [0.25, 0.3) is 11.1 Å². The molecule has 0 spiro atoms. The molecule has 1 aliphatic heterocycles. The van der Waals surface area contributed by atoms with Gasteiger partial charge < -0.3 is 9.15 Å². The predicted octanol–water partition coefficient (Wildman–Crippen LogP) is 4.10. The molecule has 2 aromatic rings. The fourth-order valence-corrected chi connectivity index (χ4v) is 3.59. The highest BCUT2D eigenvalue weighted by Crippen LogP contribution is 2.34. The lowest BCUT2D eigenvalue weighted by Crippen LogP contribution is -2.27. The molecule has 7 heteroatoms. The maximum absolute atomic E-state index is 12.2. The number of furan rings is 1. The number of imide groups is 1. The Kier molecular flexibility index (Phi) is 4.99. The van der Waals surface area contributed by atoms with Crippen molar-refractivity contribution in [3.63, 3.8) is 0 Å². The summed E-state index contributed by atoms with van der Waals surface area (Å²) in [5.41, 5.74) is 1.97. The summed E-state index contributed by atoms with van der Waals surface area (Å²) in [5.74, 6) is 0.299. The largest absolute Gasteiger partial charge is 0.465 e. The zero-order valence-corrected chi connectivity index (χ0v) is 15.4. The summed E-state index contributed by atoms with van der Waals surface area (Å²) in [7, 11) is 1.34. The number of likely N-dealkylation sites (N-methyl/N-ethyl adjacent to an activating group) is 1. The number of carbonyl (C=O) groups excluding carboxylic acids is 3. The lowest BCUT2D eigenvalue weighted by Gasteiger charge is -2.08. The predicted molar refractivity (Wildman–Crippen MR) is 98.6 cm³/mol. The Morgan fingerprint density at radius 1 is 1.27 bits per heavy atom. The Morgan fingerprint density at radius 3 is 2.69 bits per heavy atom. The summed E-state index contributed by atoms with van der Waals surface area (Å²) in [5, 5.41) is -0.280. The third-order valence-corrected chi connectivity index (χ3v) is 5.00. The number of thioether (sulfide) groups is 1. The van der Waals surface area contributed by atoms with Crippen LogP contribution in [0, 0.1) is 6.92 Å². The maximum Gasteiger partial charge on any atom is 0.338 e. The molecule has 2 heterocycles. The van der Waals surface area contributed by atoms with Crippen molar-refractivity contribution in [2.45, 2.75) is 13.8 Å². The molecule has 0 N–H and O–H groups in total. The molecule has 0 saturated carbocycles. The molecule has 0 unspecified atom stereocenters. The minimum absolute atomic E-state index is 0.280. The van der Waals surface area contributed by atoms with Gasteiger partial charge in [-0.05, 0) is 49.4 Å². The second-order valence-electron chi connectivity index (χ2n) is 5.60. The first-order valence-corrected chi connectivity index (χ1v) is 8.81. The van der Waals surface area contributed by atoms with Crippen molar-refractivity contribution in [1.82, 2.24) is 4.90 Å². The first kappa shape index (κ1) is 18.0. The number of esters is 1. The average molecular weight is 371 g/mol. The van der Waals surface area contributed by atoms with Crippen LogP contribution in [0.3, 0.4) is 0 Å². The molecule has 0 atom stereocenters. The fraction of sp³-hybridized carbons (Fsp3) is 0.211. The highest BCUT2D eigenvalue weighted by Gasteiger charge is 2.33. The molecule has 1 saturated heterocycles. The van der Waals surface area contributed by atoms with E-state index in [4.69, 9.17) is 9.15 Å². The van der Waals surface area contributed by atoms with Crippen LogP contribution in [-0.4, -0.2) is 35.7 Å². The normalized spacial score (nSPS) is 15.8. The third kappa shape index (κ3) is 3.17. The molecular weight excluding hydrogens is 354 g/mol. The van der Waals surface area contributed by atoms with Crippen LogP contribution in [0.4, 0.5) is 4.79 Å². The number of nitrogens with zero attached hydrogens (tertiary/aromatic N) is 1. The Morgan fingerprint density at radius 2 is 2.04 bits per heavy atom. The topological polar surface area (TPSA) is 76.8 Å². The zero-order chi connectivity index (χ0) is 18.8. The van der Waals surface area contributed by atoms with Gasteiger partial charge in [-0.1, -0.05) is 12.1 Å². The van der Waals surface area contributed by atoms with Gasteiger partial charge in [0.05, 0.1) is 17.6 Å². The van der Waals surface area contributed by atoms with Crippen LogP contribution < -0.4 is 0 Å². The molecule has 1 aliphatic rings. The van der Waals surface area contributed by atoms with E-state index in [-0.39, 0.29) is 11.1 Å². The van der Waals surface area contributed by atoms with Gasteiger partial charge in [0.1, 0.15) is 11.5 Å². The van der Waals surface area contributed by atoms with Gasteiger partial charge in [0.15, 0.2) is 0 Å². The van der Waals surface area contributed by atoms with E-state index in [2.05, 4.69) is 0 Å². The highest BCUT2D eigenvalue weighted by molar-refractivity contribution is 8.18. The van der Waals surface area contributed by atoms with Gasteiger partial charge in [0.2, 0.25) is 0 Å². The van der Waals surface area contributed by atoms with Crippen molar-refractivity contribution < 1.29 is 23.5 Å². The summed E-state index contributed by atoms with van der Waals surface area (Å²) in [4.78, 5) is 37.3. The Labute approximate surface area is 154 Å². The van der Waals surface area contributed by atoms with Gasteiger partial charge >= 0.3 is 5.97 Å². The quantitative estimate of drug-likeness (QED) is 0.595. The standard InChI is InChI=1S/C19H17NO5S/c1-4-20-17(21)16(26-19(20)23)10-12-8-9-15(25-12)13-6-5-7-14(11(13)2)18(22)24-3/h5-10H,4H2,1-3H3. The first-order chi connectivity index (χ1) is 12.5. The third-order valence-electron chi connectivity index (χ3n) is 4.09. The maximum atomic E-state index is 12.2. The Bertz CT molecular complexity index is 928. The van der Waals surface area contributed by atoms with Crippen LogP contribution in [0.1, 0.15) is 28.6 Å². The van der Waals surface area contributed by atoms with Gasteiger partial charge in [-0.3, -0.25) is 14.5 Å². The summed E-state index contributed by atoms with van der Waals surface area (Å²) in [6, 6.07) is 8.77. The van der Waals surface area contributed by atoms with Crippen LogP contribution in [0.2, 0.25) is 0 Å². The van der Waals surface area contributed by atoms with Crippen molar-refractivity contribution in [3.05, 3.63) is 52.1 Å². The Hall–Kier alpha value is -2.80. The van der Waals surface area contributed by atoms with E-state index in [9.17, 15) is 14.4 Å². The number of rotatable bonds is 4. The van der Waals surface area contributed by atoms with Crippen LogP contribution in [0.15, 0.2) is 39.7 Å². The average Bonchev–Trinajstić information content (AvgIpc) is 3.19. The fourth-order valence-electron chi connectivity index (χ4n) is 2.71. The van der Waals surface area contributed by atoms with Crippen LogP contribution in [0.5, 0.6) is 0 Å². The van der Waals surface area contributed by atoms with E-state index < -0.39 is 5.97 Å². The van der Waals surface area contributed by atoms with Crippen LogP contribution in [0.25, 0.3) is 17.4 Å². The Balaban J connectivity index is 1.92. The molecule has 1 aromatic carbocycles. The number of methoxy groups -OCH3 is 1. The number of benzene rings is 1. The number of ether oxygens (including phenoxy) is 1. The molecule has 6 nitrogen and oxygen atoms in total. The second kappa shape index (κ2) is 7.21. The molecule has 0 aliphatic carbocycles. The summed E-state index contributed by atoms with van der Waals surface area (Å²) in [6.45, 7) is 3.91. The minimum atomic E-state index is -0.413. The number of hydrogen-bond acceptors (Lipinski definition) is 6. The highest BCUT2D eigenvalue weighted by atomic mass is 32.2. The van der Waals surface area contributed by atoms with Crippen molar-refractivity contribution in [3.8, 4) is 11.3 Å². The van der Waals surface area contributed by atoms with Gasteiger partial charge in [-0.15, -0.1) is 0 Å². The monoisotopic (exact) mass is 371 g/mol. The zero-order valence-electron chi connectivity index (χ0n) is 14.6. The second-order valence-corrected chi connectivity index (χ2v) is 6.59. The molecule has 1 fully saturated rings. The van der Waals surface area contributed by atoms with Crippen molar-refractivity contribution in [1.29, 1.82) is 0 Å². The molecule has 1 aromatic heterocycles. The molecule has 0 bridgehead atoms. The number of amides is 2.